The number of benzene rings is 2. The Morgan fingerprint density at radius 3 is 2.54 bits per heavy atom. The number of carboxylic acid groups (broad SMARTS) is 1. The molecule has 0 unspecified atom stereocenters. The van der Waals surface area contributed by atoms with Gasteiger partial charge in [-0.15, -0.1) is 0 Å². The van der Waals surface area contributed by atoms with Crippen molar-refractivity contribution in [1.29, 1.82) is 0 Å². The minimum atomic E-state index is -1.07. The third kappa shape index (κ3) is 3.44. The van der Waals surface area contributed by atoms with Crippen LogP contribution in [0.4, 0.5) is 4.39 Å². The van der Waals surface area contributed by atoms with Gasteiger partial charge in [0.25, 0.3) is 5.91 Å². The average Bonchev–Trinajstić information content (AvgIpc) is 2.62. The second-order valence-corrected chi connectivity index (χ2v) is 5.55. The molecule has 24 heavy (non-hydrogen) atoms. The molecule has 1 fully saturated rings. The fourth-order valence-corrected chi connectivity index (χ4v) is 2.68. The van der Waals surface area contributed by atoms with Gasteiger partial charge in [0.15, 0.2) is 0 Å². The van der Waals surface area contributed by atoms with Gasteiger partial charge in [0.2, 0.25) is 0 Å². The fraction of sp³-hybridized carbons (Fsp3) is 0.222. The summed E-state index contributed by atoms with van der Waals surface area (Å²) in [5.74, 6) is -1.64. The largest absolute Gasteiger partial charge is 0.478 e. The highest BCUT2D eigenvalue weighted by molar-refractivity contribution is 5.97. The van der Waals surface area contributed by atoms with Crippen LogP contribution in [0.25, 0.3) is 0 Å². The summed E-state index contributed by atoms with van der Waals surface area (Å²) in [6.07, 6.45) is -0.328. The van der Waals surface area contributed by atoms with Crippen molar-refractivity contribution in [2.24, 2.45) is 0 Å². The van der Waals surface area contributed by atoms with Gasteiger partial charge < -0.3 is 14.7 Å². The Kier molecular flexibility index (Phi) is 4.57. The highest BCUT2D eigenvalue weighted by Crippen LogP contribution is 2.23. The number of aromatic carboxylic acids is 1. The third-order valence-electron chi connectivity index (χ3n) is 3.95. The van der Waals surface area contributed by atoms with Gasteiger partial charge in [-0.05, 0) is 35.9 Å². The monoisotopic (exact) mass is 329 g/mol. The molecule has 0 saturated carbocycles. The van der Waals surface area contributed by atoms with Crippen LogP contribution < -0.4 is 0 Å². The Bertz CT molecular complexity index is 760. The van der Waals surface area contributed by atoms with E-state index in [-0.39, 0.29) is 23.4 Å². The molecule has 2 aromatic rings. The average molecular weight is 329 g/mol. The van der Waals surface area contributed by atoms with Gasteiger partial charge in [-0.25, -0.2) is 9.18 Å². The summed E-state index contributed by atoms with van der Waals surface area (Å²) in [7, 11) is 0. The molecule has 124 valence electrons. The van der Waals surface area contributed by atoms with E-state index < -0.39 is 5.97 Å². The van der Waals surface area contributed by atoms with Gasteiger partial charge in [0.1, 0.15) is 11.9 Å². The van der Waals surface area contributed by atoms with Gasteiger partial charge in [-0.3, -0.25) is 4.79 Å². The highest BCUT2D eigenvalue weighted by atomic mass is 19.1. The Hall–Kier alpha value is -2.73. The predicted molar refractivity (Wildman–Crippen MR) is 84.4 cm³/mol. The van der Waals surface area contributed by atoms with E-state index in [1.54, 1.807) is 29.2 Å². The number of hydrogen-bond donors (Lipinski definition) is 1. The van der Waals surface area contributed by atoms with E-state index in [0.29, 0.717) is 25.3 Å². The first-order valence-corrected chi connectivity index (χ1v) is 7.54. The van der Waals surface area contributed by atoms with Gasteiger partial charge in [-0.1, -0.05) is 18.2 Å². The van der Waals surface area contributed by atoms with E-state index in [0.717, 1.165) is 5.56 Å². The molecule has 1 amide bonds. The number of carbonyl (C=O) groups excluding carboxylic acids is 1. The fourth-order valence-electron chi connectivity index (χ4n) is 2.68. The number of nitrogens with zero attached hydrogens (tertiary/aromatic N) is 1. The van der Waals surface area contributed by atoms with Crippen LogP contribution >= 0.6 is 0 Å². The summed E-state index contributed by atoms with van der Waals surface area (Å²) < 4.78 is 18.7. The number of morpholine rings is 1. The van der Waals surface area contributed by atoms with Gasteiger partial charge in [0.05, 0.1) is 18.7 Å². The van der Waals surface area contributed by atoms with E-state index in [1.165, 1.54) is 24.3 Å². The van der Waals surface area contributed by atoms with E-state index in [4.69, 9.17) is 9.84 Å². The van der Waals surface area contributed by atoms with Gasteiger partial charge >= 0.3 is 5.97 Å². The lowest BCUT2D eigenvalue weighted by Crippen LogP contribution is -2.42. The Labute approximate surface area is 138 Å². The molecular formula is C18H16FNO4. The van der Waals surface area contributed by atoms with E-state index in [9.17, 15) is 14.0 Å². The standard InChI is InChI=1S/C18H16FNO4/c19-15-6-4-12(5-7-15)16-11-20(8-9-24-16)17(21)13-2-1-3-14(10-13)18(22)23/h1-7,10,16H,8-9,11H2,(H,22,23)/t16-/m0/s1. The Morgan fingerprint density at radius 2 is 1.83 bits per heavy atom. The minimum absolute atomic E-state index is 0.0733. The summed E-state index contributed by atoms with van der Waals surface area (Å²) in [4.78, 5) is 25.3. The number of rotatable bonds is 3. The maximum atomic E-state index is 13.0. The molecule has 1 N–H and O–H groups in total. The lowest BCUT2D eigenvalue weighted by molar-refractivity contribution is -0.0228. The maximum absolute atomic E-state index is 13.0. The van der Waals surface area contributed by atoms with E-state index in [2.05, 4.69) is 0 Å². The molecule has 6 heteroatoms. The SMILES string of the molecule is O=C(O)c1cccc(C(=O)N2CCO[C@H](c3ccc(F)cc3)C2)c1. The molecule has 0 aliphatic carbocycles. The molecular weight excluding hydrogens is 313 g/mol. The van der Waals surface area contributed by atoms with Crippen molar-refractivity contribution in [3.63, 3.8) is 0 Å². The zero-order chi connectivity index (χ0) is 17.1. The smallest absolute Gasteiger partial charge is 0.335 e. The molecule has 1 heterocycles. The molecule has 1 aliphatic heterocycles. The first-order chi connectivity index (χ1) is 11.5. The second-order valence-electron chi connectivity index (χ2n) is 5.55. The van der Waals surface area contributed by atoms with Crippen LogP contribution in [-0.4, -0.2) is 41.6 Å². The lowest BCUT2D eigenvalue weighted by atomic mass is 10.1. The number of carbonyl (C=O) groups is 2. The number of halogens is 1. The number of carboxylic acids is 1. The first-order valence-electron chi connectivity index (χ1n) is 7.54. The number of amides is 1. The molecule has 0 aromatic heterocycles. The van der Waals surface area contributed by atoms with Crippen molar-refractivity contribution in [3.05, 3.63) is 71.0 Å². The summed E-state index contributed by atoms with van der Waals surface area (Å²) in [6, 6.07) is 11.9. The molecule has 3 rings (SSSR count). The summed E-state index contributed by atoms with van der Waals surface area (Å²) in [5.41, 5.74) is 1.20. The summed E-state index contributed by atoms with van der Waals surface area (Å²) in [6.45, 7) is 1.13. The van der Waals surface area contributed by atoms with Crippen LogP contribution in [-0.2, 0) is 4.74 Å². The third-order valence-corrected chi connectivity index (χ3v) is 3.95. The molecule has 0 bridgehead atoms. The minimum Gasteiger partial charge on any atom is -0.478 e. The molecule has 1 atom stereocenters. The van der Waals surface area contributed by atoms with Crippen molar-refractivity contribution in [1.82, 2.24) is 4.90 Å². The van der Waals surface area contributed by atoms with Crippen molar-refractivity contribution in [2.45, 2.75) is 6.10 Å². The second kappa shape index (κ2) is 6.80. The highest BCUT2D eigenvalue weighted by Gasteiger charge is 2.26. The first kappa shape index (κ1) is 16.1. The molecule has 1 saturated heterocycles. The Balaban J connectivity index is 1.76. The van der Waals surface area contributed by atoms with Gasteiger partial charge in [-0.2, -0.15) is 0 Å². The predicted octanol–water partition coefficient (Wildman–Crippen LogP) is 2.74. The van der Waals surface area contributed by atoms with Crippen LogP contribution in [0.3, 0.4) is 0 Å². The van der Waals surface area contributed by atoms with E-state index in [1.807, 2.05) is 0 Å². The zero-order valence-electron chi connectivity index (χ0n) is 12.8. The van der Waals surface area contributed by atoms with Crippen molar-refractivity contribution < 1.29 is 23.8 Å². The lowest BCUT2D eigenvalue weighted by Gasteiger charge is -2.33. The molecule has 2 aromatic carbocycles. The summed E-state index contributed by atoms with van der Waals surface area (Å²) in [5, 5.41) is 9.04. The normalized spacial score (nSPS) is 17.5. The number of hydrogen-bond acceptors (Lipinski definition) is 3. The van der Waals surface area contributed by atoms with Crippen LogP contribution in [0.2, 0.25) is 0 Å². The van der Waals surface area contributed by atoms with Gasteiger partial charge in [0, 0.05) is 12.1 Å². The number of ether oxygens (including phenoxy) is 1. The quantitative estimate of drug-likeness (QED) is 0.940. The Morgan fingerprint density at radius 1 is 1.12 bits per heavy atom. The van der Waals surface area contributed by atoms with Crippen molar-refractivity contribution in [3.8, 4) is 0 Å². The van der Waals surface area contributed by atoms with Crippen LogP contribution in [0, 0.1) is 5.82 Å². The van der Waals surface area contributed by atoms with Crippen molar-refractivity contribution >= 4 is 11.9 Å². The summed E-state index contributed by atoms with van der Waals surface area (Å²) >= 11 is 0. The molecule has 0 radical (unpaired) electrons. The van der Waals surface area contributed by atoms with E-state index >= 15 is 0 Å². The van der Waals surface area contributed by atoms with Crippen LogP contribution in [0.5, 0.6) is 0 Å². The van der Waals surface area contributed by atoms with Crippen molar-refractivity contribution in [2.75, 3.05) is 19.7 Å². The topological polar surface area (TPSA) is 66.8 Å². The molecule has 1 aliphatic rings. The molecule has 5 nitrogen and oxygen atoms in total. The van der Waals surface area contributed by atoms with Crippen LogP contribution in [0.15, 0.2) is 48.5 Å². The van der Waals surface area contributed by atoms with Crippen LogP contribution in [0.1, 0.15) is 32.4 Å². The zero-order valence-corrected chi connectivity index (χ0v) is 12.8. The maximum Gasteiger partial charge on any atom is 0.335 e. The molecule has 0 spiro atoms.